The maximum Gasteiger partial charge on any atom is 0.0590 e. The highest BCUT2D eigenvalue weighted by Crippen LogP contribution is 2.19. The zero-order chi connectivity index (χ0) is 12.1. The van der Waals surface area contributed by atoms with Gasteiger partial charge in [-0.25, -0.2) is 0 Å². The Morgan fingerprint density at radius 3 is 2.82 bits per heavy atom. The molecule has 0 radical (unpaired) electrons. The molecule has 2 aromatic rings. The van der Waals surface area contributed by atoms with Gasteiger partial charge in [0, 0.05) is 18.9 Å². The second-order valence-electron chi connectivity index (χ2n) is 3.96. The second kappa shape index (κ2) is 5.82. The molecule has 3 heteroatoms. The van der Waals surface area contributed by atoms with Crippen molar-refractivity contribution in [3.05, 3.63) is 58.3 Å². The van der Waals surface area contributed by atoms with Crippen molar-refractivity contribution in [1.82, 2.24) is 4.98 Å². The number of benzene rings is 1. The molecule has 88 valence electrons. The van der Waals surface area contributed by atoms with E-state index in [1.807, 2.05) is 6.07 Å². The number of hydrogen-bond donors (Lipinski definition) is 1. The second-order valence-corrected chi connectivity index (χ2v) is 4.81. The third kappa shape index (κ3) is 3.30. The van der Waals surface area contributed by atoms with E-state index >= 15 is 0 Å². The highest BCUT2D eigenvalue weighted by Gasteiger charge is 1.99. The molecule has 0 atom stereocenters. The number of pyridine rings is 1. The van der Waals surface area contributed by atoms with Crippen LogP contribution in [-0.2, 0) is 6.42 Å². The van der Waals surface area contributed by atoms with Gasteiger partial charge in [0.15, 0.2) is 0 Å². The Morgan fingerprint density at radius 1 is 1.24 bits per heavy atom. The molecule has 2 nitrogen and oxygen atoms in total. The van der Waals surface area contributed by atoms with Gasteiger partial charge in [0.2, 0.25) is 0 Å². The Kier molecular flexibility index (Phi) is 4.15. The fourth-order valence-electron chi connectivity index (χ4n) is 1.74. The summed E-state index contributed by atoms with van der Waals surface area (Å²) in [7, 11) is 0. The molecule has 0 aliphatic heterocycles. The van der Waals surface area contributed by atoms with E-state index in [4.69, 9.17) is 0 Å². The minimum atomic E-state index is 0.924. The van der Waals surface area contributed by atoms with Crippen LogP contribution in [-0.4, -0.2) is 11.5 Å². The van der Waals surface area contributed by atoms with E-state index in [1.54, 1.807) is 12.4 Å². The Labute approximate surface area is 110 Å². The van der Waals surface area contributed by atoms with Crippen molar-refractivity contribution < 1.29 is 0 Å². The summed E-state index contributed by atoms with van der Waals surface area (Å²) < 4.78 is 1.00. The maximum absolute atomic E-state index is 4.04. The Morgan fingerprint density at radius 2 is 2.06 bits per heavy atom. The maximum atomic E-state index is 4.04. The molecule has 0 saturated heterocycles. The van der Waals surface area contributed by atoms with Crippen LogP contribution in [0.25, 0.3) is 0 Å². The molecule has 1 N–H and O–H groups in total. The van der Waals surface area contributed by atoms with E-state index in [1.165, 1.54) is 11.1 Å². The topological polar surface area (TPSA) is 24.9 Å². The first-order valence-corrected chi connectivity index (χ1v) is 6.44. The zero-order valence-corrected chi connectivity index (χ0v) is 11.4. The SMILES string of the molecule is Cc1ccccc1CCNc1ccncc1Br. The van der Waals surface area contributed by atoms with Crippen molar-refractivity contribution in [3.63, 3.8) is 0 Å². The molecule has 1 heterocycles. The summed E-state index contributed by atoms with van der Waals surface area (Å²) in [4.78, 5) is 4.04. The van der Waals surface area contributed by atoms with Crippen molar-refractivity contribution in [2.75, 3.05) is 11.9 Å². The average molecular weight is 291 g/mol. The molecule has 2 rings (SSSR count). The molecule has 0 amide bonds. The highest BCUT2D eigenvalue weighted by atomic mass is 79.9. The molecule has 0 aliphatic carbocycles. The van der Waals surface area contributed by atoms with Crippen LogP contribution in [0.5, 0.6) is 0 Å². The molecule has 0 bridgehead atoms. The van der Waals surface area contributed by atoms with E-state index in [2.05, 4.69) is 57.4 Å². The fraction of sp³-hybridized carbons (Fsp3) is 0.214. The van der Waals surface area contributed by atoms with Gasteiger partial charge >= 0.3 is 0 Å². The third-order valence-electron chi connectivity index (χ3n) is 2.74. The minimum absolute atomic E-state index is 0.924. The smallest absolute Gasteiger partial charge is 0.0590 e. The summed E-state index contributed by atoms with van der Waals surface area (Å²) in [5, 5.41) is 3.40. The Balaban J connectivity index is 1.93. The summed E-state index contributed by atoms with van der Waals surface area (Å²) in [5.74, 6) is 0. The van der Waals surface area contributed by atoms with Crippen molar-refractivity contribution >= 4 is 21.6 Å². The monoisotopic (exact) mass is 290 g/mol. The van der Waals surface area contributed by atoms with E-state index in [0.29, 0.717) is 0 Å². The number of nitrogens with zero attached hydrogens (tertiary/aromatic N) is 1. The number of hydrogen-bond acceptors (Lipinski definition) is 2. The van der Waals surface area contributed by atoms with Crippen LogP contribution in [0.3, 0.4) is 0 Å². The standard InChI is InChI=1S/C14H15BrN2/c1-11-4-2-3-5-12(11)6-9-17-14-7-8-16-10-13(14)15/h2-5,7-8,10H,6,9H2,1H3,(H,16,17). The van der Waals surface area contributed by atoms with Crippen LogP contribution in [0.15, 0.2) is 47.2 Å². The first-order valence-electron chi connectivity index (χ1n) is 5.65. The van der Waals surface area contributed by atoms with Gasteiger partial charge in [-0.2, -0.15) is 0 Å². The number of anilines is 1. The lowest BCUT2D eigenvalue weighted by Crippen LogP contribution is -2.06. The van der Waals surface area contributed by atoms with Gasteiger partial charge in [-0.3, -0.25) is 4.98 Å². The molecular formula is C14H15BrN2. The van der Waals surface area contributed by atoms with Gasteiger partial charge in [0.05, 0.1) is 10.2 Å². The molecule has 0 aliphatic rings. The fourth-order valence-corrected chi connectivity index (χ4v) is 2.13. The summed E-state index contributed by atoms with van der Waals surface area (Å²) >= 11 is 3.47. The van der Waals surface area contributed by atoms with Crippen LogP contribution < -0.4 is 5.32 Å². The van der Waals surface area contributed by atoms with Gasteiger partial charge in [-0.15, -0.1) is 0 Å². The number of aromatic nitrogens is 1. The summed E-state index contributed by atoms with van der Waals surface area (Å²) in [6, 6.07) is 10.5. The number of nitrogens with one attached hydrogen (secondary N) is 1. The van der Waals surface area contributed by atoms with Gasteiger partial charge in [-0.1, -0.05) is 24.3 Å². The molecule has 1 aromatic carbocycles. The van der Waals surface area contributed by atoms with Crippen molar-refractivity contribution in [2.24, 2.45) is 0 Å². The average Bonchev–Trinajstić information content (AvgIpc) is 2.34. The molecule has 0 saturated carbocycles. The predicted molar refractivity (Wildman–Crippen MR) is 75.3 cm³/mol. The first kappa shape index (κ1) is 12.1. The molecule has 1 aromatic heterocycles. The lowest BCUT2D eigenvalue weighted by molar-refractivity contribution is 1.00. The van der Waals surface area contributed by atoms with Crippen LogP contribution in [0, 0.1) is 6.92 Å². The van der Waals surface area contributed by atoms with Crippen LogP contribution in [0.4, 0.5) is 5.69 Å². The number of rotatable bonds is 4. The van der Waals surface area contributed by atoms with E-state index in [-0.39, 0.29) is 0 Å². The van der Waals surface area contributed by atoms with Crippen molar-refractivity contribution in [2.45, 2.75) is 13.3 Å². The predicted octanol–water partition coefficient (Wildman–Crippen LogP) is 3.81. The number of halogens is 1. The summed E-state index contributed by atoms with van der Waals surface area (Å²) in [6.07, 6.45) is 4.62. The lowest BCUT2D eigenvalue weighted by atomic mass is 10.1. The Hall–Kier alpha value is -1.35. The first-order chi connectivity index (χ1) is 8.27. The highest BCUT2D eigenvalue weighted by molar-refractivity contribution is 9.10. The quantitative estimate of drug-likeness (QED) is 0.926. The largest absolute Gasteiger partial charge is 0.384 e. The van der Waals surface area contributed by atoms with Gasteiger partial charge in [-0.05, 0) is 46.5 Å². The van der Waals surface area contributed by atoms with Gasteiger partial charge < -0.3 is 5.32 Å². The van der Waals surface area contributed by atoms with Crippen molar-refractivity contribution in [1.29, 1.82) is 0 Å². The molecule has 17 heavy (non-hydrogen) atoms. The van der Waals surface area contributed by atoms with Crippen molar-refractivity contribution in [3.8, 4) is 0 Å². The van der Waals surface area contributed by atoms with E-state index in [9.17, 15) is 0 Å². The van der Waals surface area contributed by atoms with Crippen LogP contribution in [0.1, 0.15) is 11.1 Å². The summed E-state index contributed by atoms with van der Waals surface area (Å²) in [6.45, 7) is 3.07. The molecular weight excluding hydrogens is 276 g/mol. The number of aryl methyl sites for hydroxylation is 1. The summed E-state index contributed by atoms with van der Waals surface area (Å²) in [5.41, 5.74) is 3.84. The van der Waals surface area contributed by atoms with Gasteiger partial charge in [0.25, 0.3) is 0 Å². The van der Waals surface area contributed by atoms with E-state index in [0.717, 1.165) is 23.1 Å². The lowest BCUT2D eigenvalue weighted by Gasteiger charge is -2.09. The molecule has 0 unspecified atom stereocenters. The Bertz CT molecular complexity index is 452. The zero-order valence-electron chi connectivity index (χ0n) is 9.78. The van der Waals surface area contributed by atoms with E-state index < -0.39 is 0 Å². The third-order valence-corrected chi connectivity index (χ3v) is 3.38. The van der Waals surface area contributed by atoms with Crippen LogP contribution >= 0.6 is 15.9 Å². The van der Waals surface area contributed by atoms with Gasteiger partial charge in [0.1, 0.15) is 0 Å². The molecule has 0 fully saturated rings. The normalized spacial score (nSPS) is 10.2. The minimum Gasteiger partial charge on any atom is -0.384 e. The van der Waals surface area contributed by atoms with Crippen LogP contribution in [0.2, 0.25) is 0 Å². The molecule has 0 spiro atoms.